The summed E-state index contributed by atoms with van der Waals surface area (Å²) in [5.74, 6) is 3.15. The summed E-state index contributed by atoms with van der Waals surface area (Å²) in [5, 5.41) is 0. The summed E-state index contributed by atoms with van der Waals surface area (Å²) in [5.41, 5.74) is 4.68. The van der Waals surface area contributed by atoms with Gasteiger partial charge in [0.2, 0.25) is 6.79 Å². The van der Waals surface area contributed by atoms with Crippen molar-refractivity contribution in [2.24, 2.45) is 5.92 Å². The highest BCUT2D eigenvalue weighted by atomic mass is 16.7. The van der Waals surface area contributed by atoms with E-state index in [1.165, 1.54) is 11.1 Å². The smallest absolute Gasteiger partial charge is 0.260 e. The molecule has 0 atom stereocenters. The molecule has 0 saturated carbocycles. The van der Waals surface area contributed by atoms with E-state index in [2.05, 4.69) is 43.3 Å². The van der Waals surface area contributed by atoms with Crippen molar-refractivity contribution in [2.75, 3.05) is 26.5 Å². The van der Waals surface area contributed by atoms with Crippen molar-refractivity contribution >= 4 is 5.91 Å². The van der Waals surface area contributed by atoms with E-state index in [1.807, 2.05) is 35.2 Å². The largest absolute Gasteiger partial charge is 0.483 e. The molecule has 0 unspecified atom stereocenters. The average molecular weight is 472 g/mol. The average Bonchev–Trinajstić information content (AvgIpc) is 3.39. The second-order valence-corrected chi connectivity index (χ2v) is 9.39. The van der Waals surface area contributed by atoms with Crippen LogP contribution in [-0.2, 0) is 17.6 Å². The molecule has 3 aromatic carbocycles. The summed E-state index contributed by atoms with van der Waals surface area (Å²) >= 11 is 0. The van der Waals surface area contributed by atoms with Gasteiger partial charge >= 0.3 is 0 Å². The molecule has 0 spiro atoms. The lowest BCUT2D eigenvalue weighted by atomic mass is 9.90. The van der Waals surface area contributed by atoms with Crippen molar-refractivity contribution in [2.45, 2.75) is 39.0 Å². The highest BCUT2D eigenvalue weighted by Gasteiger charge is 2.23. The van der Waals surface area contributed by atoms with Gasteiger partial charge < -0.3 is 19.1 Å². The number of likely N-dealkylation sites (tertiary alicyclic amines) is 1. The summed E-state index contributed by atoms with van der Waals surface area (Å²) in [6.07, 6.45) is 5.19. The van der Waals surface area contributed by atoms with Crippen LogP contribution in [0.3, 0.4) is 0 Å². The molecule has 5 heteroatoms. The second-order valence-electron chi connectivity index (χ2n) is 9.39. The van der Waals surface area contributed by atoms with E-state index in [1.54, 1.807) is 0 Å². The fourth-order valence-corrected chi connectivity index (χ4v) is 4.94. The first-order valence-electron chi connectivity index (χ1n) is 12.7. The molecular formula is C30H33NO4. The molecule has 1 fully saturated rings. The molecule has 1 amide bonds. The monoisotopic (exact) mass is 471 g/mol. The van der Waals surface area contributed by atoms with Crippen molar-refractivity contribution in [1.82, 2.24) is 4.90 Å². The van der Waals surface area contributed by atoms with Crippen LogP contribution in [0.15, 0.2) is 66.7 Å². The third-order valence-corrected chi connectivity index (χ3v) is 7.13. The van der Waals surface area contributed by atoms with E-state index in [4.69, 9.17) is 14.2 Å². The molecule has 35 heavy (non-hydrogen) atoms. The molecule has 0 aliphatic carbocycles. The lowest BCUT2D eigenvalue weighted by molar-refractivity contribution is -0.134. The van der Waals surface area contributed by atoms with Gasteiger partial charge in [-0.25, -0.2) is 0 Å². The van der Waals surface area contributed by atoms with Crippen LogP contribution in [0.1, 0.15) is 37.3 Å². The first-order valence-corrected chi connectivity index (χ1v) is 12.7. The van der Waals surface area contributed by atoms with Gasteiger partial charge in [0.1, 0.15) is 5.75 Å². The topological polar surface area (TPSA) is 48.0 Å². The minimum absolute atomic E-state index is 0.0674. The Balaban J connectivity index is 1.12. The number of benzene rings is 3. The number of rotatable bonds is 8. The molecule has 182 valence electrons. The van der Waals surface area contributed by atoms with Crippen LogP contribution < -0.4 is 14.2 Å². The molecule has 2 aliphatic heterocycles. The van der Waals surface area contributed by atoms with Crippen LogP contribution in [0.25, 0.3) is 11.1 Å². The van der Waals surface area contributed by atoms with Gasteiger partial charge in [-0.15, -0.1) is 0 Å². The Morgan fingerprint density at radius 2 is 1.71 bits per heavy atom. The molecule has 0 bridgehead atoms. The molecule has 2 aliphatic rings. The normalized spacial score (nSPS) is 15.3. The summed E-state index contributed by atoms with van der Waals surface area (Å²) < 4.78 is 17.0. The summed E-state index contributed by atoms with van der Waals surface area (Å²) in [6.45, 7) is 4.13. The van der Waals surface area contributed by atoms with Crippen molar-refractivity contribution in [3.8, 4) is 28.4 Å². The molecule has 0 radical (unpaired) electrons. The zero-order chi connectivity index (χ0) is 24.0. The predicted molar refractivity (Wildman–Crippen MR) is 137 cm³/mol. The fraction of sp³-hybridized carbons (Fsp3) is 0.367. The maximum Gasteiger partial charge on any atom is 0.260 e. The lowest BCUT2D eigenvalue weighted by Gasteiger charge is -2.32. The number of hydrogen-bond donors (Lipinski definition) is 0. The van der Waals surface area contributed by atoms with Gasteiger partial charge in [0, 0.05) is 18.7 Å². The van der Waals surface area contributed by atoms with Crippen LogP contribution in [-0.4, -0.2) is 37.3 Å². The minimum Gasteiger partial charge on any atom is -0.483 e. The Morgan fingerprint density at radius 1 is 0.943 bits per heavy atom. The SMILES string of the molecule is CCc1ccc(OCC(=O)N2CCC(CCc3ccc4c(c3)OCO4)CC2)c(-c2ccccc2)c1. The van der Waals surface area contributed by atoms with Crippen molar-refractivity contribution in [3.63, 3.8) is 0 Å². The Morgan fingerprint density at radius 3 is 2.51 bits per heavy atom. The third-order valence-electron chi connectivity index (χ3n) is 7.13. The zero-order valence-corrected chi connectivity index (χ0v) is 20.4. The predicted octanol–water partition coefficient (Wildman–Crippen LogP) is 5.89. The van der Waals surface area contributed by atoms with Crippen molar-refractivity contribution in [3.05, 3.63) is 77.9 Å². The molecule has 5 rings (SSSR count). The third kappa shape index (κ3) is 5.61. The number of hydrogen-bond acceptors (Lipinski definition) is 4. The molecule has 3 aromatic rings. The maximum absolute atomic E-state index is 12.9. The molecule has 1 saturated heterocycles. The van der Waals surface area contributed by atoms with Gasteiger partial charge in [0.05, 0.1) is 0 Å². The van der Waals surface area contributed by atoms with Crippen LogP contribution >= 0.6 is 0 Å². The van der Waals surface area contributed by atoms with E-state index >= 15 is 0 Å². The highest BCUT2D eigenvalue weighted by Crippen LogP contribution is 2.34. The zero-order valence-electron chi connectivity index (χ0n) is 20.4. The Labute approximate surface area is 207 Å². The molecule has 2 heterocycles. The second kappa shape index (κ2) is 10.9. The van der Waals surface area contributed by atoms with Gasteiger partial charge in [-0.05, 0) is 79.0 Å². The lowest BCUT2D eigenvalue weighted by Crippen LogP contribution is -2.41. The van der Waals surface area contributed by atoms with Crippen molar-refractivity contribution < 1.29 is 19.0 Å². The number of nitrogens with zero attached hydrogens (tertiary/aromatic N) is 1. The number of aryl methyl sites for hydroxylation is 2. The number of fused-ring (bicyclic) bond motifs is 1. The summed E-state index contributed by atoms with van der Waals surface area (Å²) in [4.78, 5) is 14.9. The molecule has 0 N–H and O–H groups in total. The molecule has 5 nitrogen and oxygen atoms in total. The quantitative estimate of drug-likeness (QED) is 0.411. The minimum atomic E-state index is 0.0674. The van der Waals surface area contributed by atoms with Gasteiger partial charge in [0.15, 0.2) is 18.1 Å². The van der Waals surface area contributed by atoms with Crippen molar-refractivity contribution in [1.29, 1.82) is 0 Å². The number of ether oxygens (including phenoxy) is 3. The van der Waals surface area contributed by atoms with Crippen LogP contribution in [0.5, 0.6) is 17.2 Å². The fourth-order valence-electron chi connectivity index (χ4n) is 4.94. The Kier molecular flexibility index (Phi) is 7.22. The highest BCUT2D eigenvalue weighted by molar-refractivity contribution is 5.78. The van der Waals surface area contributed by atoms with E-state index in [-0.39, 0.29) is 12.5 Å². The molecule has 0 aromatic heterocycles. The number of piperidine rings is 1. The van der Waals surface area contributed by atoms with Crippen LogP contribution in [0.4, 0.5) is 0 Å². The first kappa shape index (κ1) is 23.3. The van der Waals surface area contributed by atoms with Gasteiger partial charge in [0.25, 0.3) is 5.91 Å². The first-order chi connectivity index (χ1) is 17.2. The number of carbonyl (C=O) groups is 1. The maximum atomic E-state index is 12.9. The van der Waals surface area contributed by atoms with Gasteiger partial charge in [-0.2, -0.15) is 0 Å². The van der Waals surface area contributed by atoms with E-state index in [9.17, 15) is 4.79 Å². The summed E-state index contributed by atoms with van der Waals surface area (Å²) in [7, 11) is 0. The Bertz CT molecular complexity index is 1150. The standard InChI is InChI=1S/C30H33NO4/c1-2-22-10-12-27(26(18-22)25-6-4-3-5-7-25)33-20-30(32)31-16-14-23(15-17-31)8-9-24-11-13-28-29(19-24)35-21-34-28/h3-7,10-13,18-19,23H,2,8-9,14-17,20-21H2,1H3. The Hall–Kier alpha value is -3.47. The van der Waals surface area contributed by atoms with Crippen LogP contribution in [0, 0.1) is 5.92 Å². The number of amides is 1. The van der Waals surface area contributed by atoms with E-state index in [0.717, 1.165) is 73.6 Å². The number of carbonyl (C=O) groups excluding carboxylic acids is 1. The summed E-state index contributed by atoms with van der Waals surface area (Å²) in [6, 6.07) is 22.7. The van der Waals surface area contributed by atoms with Gasteiger partial charge in [-0.3, -0.25) is 4.79 Å². The van der Waals surface area contributed by atoms with Gasteiger partial charge in [-0.1, -0.05) is 49.4 Å². The van der Waals surface area contributed by atoms with E-state index in [0.29, 0.717) is 12.7 Å². The molecular weight excluding hydrogens is 438 g/mol. The van der Waals surface area contributed by atoms with E-state index < -0.39 is 0 Å². The van der Waals surface area contributed by atoms with Crippen LogP contribution in [0.2, 0.25) is 0 Å².